The number of halogens is 1. The van der Waals surface area contributed by atoms with Crippen LogP contribution in [0, 0.1) is 5.82 Å². The number of likely N-dealkylation sites (N-methyl/N-ethyl adjacent to an activating group) is 1. The number of ether oxygens (including phenoxy) is 3. The topological polar surface area (TPSA) is 88.5 Å². The molecule has 3 aromatic carbocycles. The molecule has 9 heteroatoms. The second-order valence-electron chi connectivity index (χ2n) is 9.35. The summed E-state index contributed by atoms with van der Waals surface area (Å²) in [7, 11) is 3.44. The zero-order valence-corrected chi connectivity index (χ0v) is 21.9. The van der Waals surface area contributed by atoms with E-state index in [1.165, 1.54) is 24.1 Å². The first-order valence-electron chi connectivity index (χ1n) is 12.6. The van der Waals surface area contributed by atoms with Gasteiger partial charge in [0.15, 0.2) is 11.5 Å². The minimum absolute atomic E-state index is 0.0308. The van der Waals surface area contributed by atoms with Gasteiger partial charge in [-0.2, -0.15) is 0 Å². The van der Waals surface area contributed by atoms with Crippen LogP contribution in [0.2, 0.25) is 0 Å². The average Bonchev–Trinajstić information content (AvgIpc) is 3.19. The second kappa shape index (κ2) is 10.7. The number of methoxy groups -OCH3 is 1. The Hall–Kier alpha value is -4.53. The van der Waals surface area contributed by atoms with E-state index < -0.39 is 23.5 Å². The Labute approximate surface area is 225 Å². The van der Waals surface area contributed by atoms with Crippen molar-refractivity contribution in [2.45, 2.75) is 19.5 Å². The Morgan fingerprint density at radius 1 is 1.08 bits per heavy atom. The smallest absolute Gasteiger partial charge is 0.295 e. The van der Waals surface area contributed by atoms with Gasteiger partial charge >= 0.3 is 0 Å². The number of anilines is 1. The first kappa shape index (κ1) is 26.1. The molecule has 1 N–H and O–H groups in total. The minimum atomic E-state index is -0.926. The Balaban J connectivity index is 1.66. The number of amides is 1. The highest BCUT2D eigenvalue weighted by Crippen LogP contribution is 2.43. The number of nitrogens with zero attached hydrogens (tertiary/aromatic N) is 2. The normalized spacial score (nSPS) is 18.1. The van der Waals surface area contributed by atoms with Gasteiger partial charge in [0.2, 0.25) is 0 Å². The molecule has 0 bridgehead atoms. The van der Waals surface area contributed by atoms with E-state index in [0.717, 1.165) is 5.69 Å². The summed E-state index contributed by atoms with van der Waals surface area (Å²) < 4.78 is 30.4. The van der Waals surface area contributed by atoms with Crippen LogP contribution in [0.15, 0.2) is 66.2 Å². The number of ketones is 1. The Kier molecular flexibility index (Phi) is 7.15. The van der Waals surface area contributed by atoms with Gasteiger partial charge in [0.1, 0.15) is 23.9 Å². The third-order valence-corrected chi connectivity index (χ3v) is 6.94. The molecule has 2 aliphatic rings. The molecule has 0 spiro atoms. The fraction of sp³-hybridized carbons (Fsp3) is 0.267. The molecule has 1 atom stereocenters. The van der Waals surface area contributed by atoms with Crippen LogP contribution in [0.1, 0.15) is 29.7 Å². The lowest BCUT2D eigenvalue weighted by Gasteiger charge is -2.28. The van der Waals surface area contributed by atoms with Crippen molar-refractivity contribution in [1.29, 1.82) is 0 Å². The standard InChI is InChI=1S/C30H29FN2O6/c1-4-38-25-16-19(7-12-24(25)37-3)27-26(28(34)20-8-11-23-22(15-20)32(2)13-14-39-23)29(35)30(36)33(27)17-18-5-9-21(31)10-6-18/h5-12,15-16,27,34H,4,13-14,17H2,1-3H3/b28-26+. The first-order chi connectivity index (χ1) is 18.8. The molecule has 5 rings (SSSR count). The molecular formula is C30H29FN2O6. The monoisotopic (exact) mass is 532 g/mol. The fourth-order valence-electron chi connectivity index (χ4n) is 4.96. The number of aliphatic hydroxyl groups excluding tert-OH is 1. The highest BCUT2D eigenvalue weighted by Gasteiger charge is 2.46. The predicted octanol–water partition coefficient (Wildman–Crippen LogP) is 4.68. The lowest BCUT2D eigenvalue weighted by molar-refractivity contribution is -0.140. The third kappa shape index (κ3) is 4.87. The van der Waals surface area contributed by atoms with Crippen LogP contribution in [0.5, 0.6) is 17.2 Å². The van der Waals surface area contributed by atoms with Gasteiger partial charge in [-0.1, -0.05) is 18.2 Å². The van der Waals surface area contributed by atoms with Crippen molar-refractivity contribution < 1.29 is 33.3 Å². The van der Waals surface area contributed by atoms with Crippen molar-refractivity contribution >= 4 is 23.1 Å². The number of carbonyl (C=O) groups excluding carboxylic acids is 2. The SMILES string of the molecule is CCOc1cc(C2/C(=C(\O)c3ccc4c(c3)N(C)CCO4)C(=O)C(=O)N2Cc2ccc(F)cc2)ccc1OC. The van der Waals surface area contributed by atoms with Crippen LogP contribution < -0.4 is 19.1 Å². The molecule has 39 heavy (non-hydrogen) atoms. The molecule has 0 saturated carbocycles. The summed E-state index contributed by atoms with van der Waals surface area (Å²) in [6, 6.07) is 15.1. The van der Waals surface area contributed by atoms with Gasteiger partial charge in [-0.25, -0.2) is 4.39 Å². The summed E-state index contributed by atoms with van der Waals surface area (Å²) in [5.41, 5.74) is 2.30. The van der Waals surface area contributed by atoms with E-state index >= 15 is 0 Å². The number of aliphatic hydroxyl groups is 1. The Morgan fingerprint density at radius 2 is 1.85 bits per heavy atom. The molecule has 0 radical (unpaired) electrons. The number of carbonyl (C=O) groups is 2. The number of likely N-dealkylation sites (tertiary alicyclic amines) is 1. The average molecular weight is 533 g/mol. The van der Waals surface area contributed by atoms with E-state index in [1.807, 2.05) is 18.9 Å². The summed E-state index contributed by atoms with van der Waals surface area (Å²) in [6.45, 7) is 3.46. The lowest BCUT2D eigenvalue weighted by Crippen LogP contribution is -2.29. The van der Waals surface area contributed by atoms with Gasteiger partial charge in [-0.3, -0.25) is 9.59 Å². The molecule has 1 unspecified atom stereocenters. The third-order valence-electron chi connectivity index (χ3n) is 6.94. The van der Waals surface area contributed by atoms with Crippen molar-refractivity contribution in [3.05, 3.63) is 88.7 Å². The summed E-state index contributed by atoms with van der Waals surface area (Å²) in [5.74, 6) is -0.670. The van der Waals surface area contributed by atoms with E-state index in [1.54, 1.807) is 48.5 Å². The molecule has 0 aromatic heterocycles. The molecule has 2 aliphatic heterocycles. The molecular weight excluding hydrogens is 503 g/mol. The van der Waals surface area contributed by atoms with E-state index in [-0.39, 0.29) is 17.9 Å². The van der Waals surface area contributed by atoms with Gasteiger partial charge in [0, 0.05) is 19.2 Å². The van der Waals surface area contributed by atoms with Crippen molar-refractivity contribution in [2.75, 3.05) is 38.8 Å². The van der Waals surface area contributed by atoms with Crippen LogP contribution in [-0.2, 0) is 16.1 Å². The zero-order valence-electron chi connectivity index (χ0n) is 21.9. The maximum absolute atomic E-state index is 13.6. The molecule has 3 aromatic rings. The lowest BCUT2D eigenvalue weighted by atomic mass is 9.94. The number of hydrogen-bond donors (Lipinski definition) is 1. The van der Waals surface area contributed by atoms with Crippen molar-refractivity contribution in [2.24, 2.45) is 0 Å². The fourth-order valence-corrected chi connectivity index (χ4v) is 4.96. The van der Waals surface area contributed by atoms with E-state index in [4.69, 9.17) is 14.2 Å². The first-order valence-corrected chi connectivity index (χ1v) is 12.6. The maximum Gasteiger partial charge on any atom is 0.295 e. The molecule has 1 fully saturated rings. The van der Waals surface area contributed by atoms with Gasteiger partial charge in [0.05, 0.1) is 37.6 Å². The van der Waals surface area contributed by atoms with Gasteiger partial charge in [0.25, 0.3) is 11.7 Å². The summed E-state index contributed by atoms with van der Waals surface area (Å²) in [4.78, 5) is 30.3. The second-order valence-corrected chi connectivity index (χ2v) is 9.35. The van der Waals surface area contributed by atoms with Gasteiger partial charge < -0.3 is 29.1 Å². The molecule has 1 amide bonds. The van der Waals surface area contributed by atoms with Crippen molar-refractivity contribution in [3.8, 4) is 17.2 Å². The highest BCUT2D eigenvalue weighted by atomic mass is 19.1. The van der Waals surface area contributed by atoms with E-state index in [2.05, 4.69) is 0 Å². The zero-order chi connectivity index (χ0) is 27.7. The van der Waals surface area contributed by atoms with Gasteiger partial charge in [-0.05, 0) is 60.5 Å². The van der Waals surface area contributed by atoms with Crippen LogP contribution >= 0.6 is 0 Å². The predicted molar refractivity (Wildman–Crippen MR) is 144 cm³/mol. The van der Waals surface area contributed by atoms with Crippen LogP contribution in [0.4, 0.5) is 10.1 Å². The molecule has 8 nitrogen and oxygen atoms in total. The molecule has 202 valence electrons. The summed E-state index contributed by atoms with van der Waals surface area (Å²) in [6.07, 6.45) is 0. The van der Waals surface area contributed by atoms with E-state index in [9.17, 15) is 19.1 Å². The van der Waals surface area contributed by atoms with E-state index in [0.29, 0.717) is 53.7 Å². The van der Waals surface area contributed by atoms with Crippen LogP contribution in [-0.4, -0.2) is 55.6 Å². The van der Waals surface area contributed by atoms with Crippen molar-refractivity contribution in [3.63, 3.8) is 0 Å². The van der Waals surface area contributed by atoms with Crippen LogP contribution in [0.3, 0.4) is 0 Å². The minimum Gasteiger partial charge on any atom is -0.507 e. The Morgan fingerprint density at radius 3 is 2.56 bits per heavy atom. The summed E-state index contributed by atoms with van der Waals surface area (Å²) in [5, 5.41) is 11.5. The number of hydrogen-bond acceptors (Lipinski definition) is 7. The highest BCUT2D eigenvalue weighted by molar-refractivity contribution is 6.46. The maximum atomic E-state index is 13.6. The number of fused-ring (bicyclic) bond motifs is 1. The molecule has 0 aliphatic carbocycles. The van der Waals surface area contributed by atoms with Crippen LogP contribution in [0.25, 0.3) is 5.76 Å². The molecule has 2 heterocycles. The molecule has 1 saturated heterocycles. The van der Waals surface area contributed by atoms with Gasteiger partial charge in [-0.15, -0.1) is 0 Å². The Bertz CT molecular complexity index is 1450. The quantitative estimate of drug-likeness (QED) is 0.269. The number of rotatable bonds is 7. The largest absolute Gasteiger partial charge is 0.507 e. The summed E-state index contributed by atoms with van der Waals surface area (Å²) >= 11 is 0. The number of Topliss-reactive ketones (excluding diaryl/α,β-unsaturated/α-hetero) is 1. The number of benzene rings is 3. The van der Waals surface area contributed by atoms with Crippen molar-refractivity contribution in [1.82, 2.24) is 4.90 Å².